The minimum absolute atomic E-state index is 0.321. The van der Waals surface area contributed by atoms with Gasteiger partial charge in [-0.3, -0.25) is 4.68 Å². The summed E-state index contributed by atoms with van der Waals surface area (Å²) in [6.45, 7) is 6.07. The largest absolute Gasteiger partial charge is 0.444 e. The molecule has 0 atom stereocenters. The van der Waals surface area contributed by atoms with Crippen molar-refractivity contribution in [2.24, 2.45) is 7.05 Å². The fourth-order valence-electron chi connectivity index (χ4n) is 1.97. The number of nitrogens with zero attached hydrogens (tertiary/aromatic N) is 3. The molecule has 0 spiro atoms. The van der Waals surface area contributed by atoms with Gasteiger partial charge >= 0.3 is 6.09 Å². The number of aromatic nitrogens is 2. The van der Waals surface area contributed by atoms with Gasteiger partial charge in [0.05, 0.1) is 22.4 Å². The Bertz CT molecular complexity index is 515. The van der Waals surface area contributed by atoms with Crippen molar-refractivity contribution in [1.82, 2.24) is 14.7 Å². The molecule has 0 N–H and O–H groups in total. The topological polar surface area (TPSA) is 47.4 Å². The first-order chi connectivity index (χ1) is 9.19. The highest BCUT2D eigenvalue weighted by Gasteiger charge is 2.31. The third kappa shape index (κ3) is 3.53. The first-order valence-corrected chi connectivity index (χ1v) is 7.63. The van der Waals surface area contributed by atoms with Crippen LogP contribution in [-0.2, 0) is 18.3 Å². The van der Waals surface area contributed by atoms with Crippen molar-refractivity contribution >= 4 is 22.0 Å². The molecule has 6 heteroatoms. The van der Waals surface area contributed by atoms with E-state index >= 15 is 0 Å². The third-order valence-electron chi connectivity index (χ3n) is 3.18. The van der Waals surface area contributed by atoms with E-state index in [-0.39, 0.29) is 6.09 Å². The van der Waals surface area contributed by atoms with E-state index in [0.717, 1.165) is 15.9 Å². The summed E-state index contributed by atoms with van der Waals surface area (Å²) in [5, 5.41) is 4.55. The van der Waals surface area contributed by atoms with E-state index in [2.05, 4.69) is 21.0 Å². The monoisotopic (exact) mass is 343 g/mol. The van der Waals surface area contributed by atoms with Crippen LogP contribution in [0.15, 0.2) is 4.47 Å². The molecule has 20 heavy (non-hydrogen) atoms. The molecule has 0 saturated heterocycles. The summed E-state index contributed by atoms with van der Waals surface area (Å²) in [5.41, 5.74) is 1.63. The van der Waals surface area contributed by atoms with Crippen LogP contribution in [0.3, 0.4) is 0 Å². The summed E-state index contributed by atoms with van der Waals surface area (Å²) in [6, 6.07) is 0. The molecule has 0 aromatic carbocycles. The number of carbonyl (C=O) groups is 1. The Hall–Kier alpha value is -1.04. The number of ether oxygens (including phenoxy) is 1. The molecule has 5 nitrogen and oxygen atoms in total. The van der Waals surface area contributed by atoms with Crippen molar-refractivity contribution in [3.63, 3.8) is 0 Å². The molecule has 1 aliphatic carbocycles. The van der Waals surface area contributed by atoms with Gasteiger partial charge in [0.15, 0.2) is 0 Å². The molecule has 112 valence electrons. The molecule has 0 unspecified atom stereocenters. The fourth-order valence-corrected chi connectivity index (χ4v) is 2.76. The van der Waals surface area contributed by atoms with Crippen LogP contribution in [0.4, 0.5) is 4.79 Å². The standard InChI is InChI=1S/C14H22BrN3O2/c1-14(2,3)20-13(19)17(4)8-10-11(15)12(9-6-7-9)16-18(10)5/h9H,6-8H2,1-5H3. The lowest BCUT2D eigenvalue weighted by Gasteiger charge is -2.24. The summed E-state index contributed by atoms with van der Waals surface area (Å²) < 4.78 is 8.23. The van der Waals surface area contributed by atoms with E-state index in [1.807, 2.05) is 32.5 Å². The number of halogens is 1. The molecule has 1 aliphatic rings. The molecule has 0 aliphatic heterocycles. The summed E-state index contributed by atoms with van der Waals surface area (Å²) in [7, 11) is 3.65. The molecule has 1 amide bonds. The second-order valence-electron chi connectivity index (χ2n) is 6.38. The molecule has 1 heterocycles. The highest BCUT2D eigenvalue weighted by Crippen LogP contribution is 2.43. The lowest BCUT2D eigenvalue weighted by Crippen LogP contribution is -2.34. The average molecular weight is 344 g/mol. The summed E-state index contributed by atoms with van der Waals surface area (Å²) >= 11 is 3.62. The smallest absolute Gasteiger partial charge is 0.410 e. The first kappa shape index (κ1) is 15.4. The Labute approximate surface area is 128 Å². The minimum atomic E-state index is -0.478. The Kier molecular flexibility index (Phi) is 4.14. The Balaban J connectivity index is 2.07. The highest BCUT2D eigenvalue weighted by molar-refractivity contribution is 9.10. The van der Waals surface area contributed by atoms with Gasteiger partial charge in [-0.2, -0.15) is 5.10 Å². The highest BCUT2D eigenvalue weighted by atomic mass is 79.9. The third-order valence-corrected chi connectivity index (χ3v) is 4.05. The Morgan fingerprint density at radius 1 is 1.50 bits per heavy atom. The van der Waals surface area contributed by atoms with Gasteiger partial charge in [-0.25, -0.2) is 4.79 Å². The van der Waals surface area contributed by atoms with E-state index in [1.54, 1.807) is 11.9 Å². The molecule has 1 aromatic rings. The summed E-state index contributed by atoms with van der Waals surface area (Å²) in [5.74, 6) is 0.580. The Morgan fingerprint density at radius 2 is 2.10 bits per heavy atom. The maximum atomic E-state index is 12.0. The molecule has 1 aromatic heterocycles. The number of hydrogen-bond acceptors (Lipinski definition) is 3. The number of rotatable bonds is 3. The predicted octanol–water partition coefficient (Wildman–Crippen LogP) is 3.43. The molecule has 1 fully saturated rings. The van der Waals surface area contributed by atoms with Crippen LogP contribution < -0.4 is 0 Å². The van der Waals surface area contributed by atoms with Crippen molar-refractivity contribution in [2.45, 2.75) is 51.7 Å². The lowest BCUT2D eigenvalue weighted by atomic mass is 10.2. The fraction of sp³-hybridized carbons (Fsp3) is 0.714. The zero-order valence-electron chi connectivity index (χ0n) is 12.7. The Morgan fingerprint density at radius 3 is 2.60 bits per heavy atom. The molecule has 2 rings (SSSR count). The van der Waals surface area contributed by atoms with Gasteiger partial charge < -0.3 is 9.64 Å². The summed E-state index contributed by atoms with van der Waals surface area (Å²) in [4.78, 5) is 13.6. The van der Waals surface area contributed by atoms with Crippen molar-refractivity contribution in [1.29, 1.82) is 0 Å². The quantitative estimate of drug-likeness (QED) is 0.844. The van der Waals surface area contributed by atoms with Crippen LogP contribution in [0.1, 0.15) is 50.9 Å². The number of aryl methyl sites for hydroxylation is 1. The first-order valence-electron chi connectivity index (χ1n) is 6.84. The van der Waals surface area contributed by atoms with Gasteiger partial charge in [-0.15, -0.1) is 0 Å². The second-order valence-corrected chi connectivity index (χ2v) is 7.17. The van der Waals surface area contributed by atoms with Crippen molar-refractivity contribution in [3.05, 3.63) is 15.9 Å². The van der Waals surface area contributed by atoms with Gasteiger partial charge in [0.2, 0.25) is 0 Å². The van der Waals surface area contributed by atoms with Gasteiger partial charge in [0, 0.05) is 20.0 Å². The number of carbonyl (C=O) groups excluding carboxylic acids is 1. The summed E-state index contributed by atoms with van der Waals surface area (Å²) in [6.07, 6.45) is 2.09. The van der Waals surface area contributed by atoms with Crippen LogP contribution in [0.2, 0.25) is 0 Å². The van der Waals surface area contributed by atoms with Crippen molar-refractivity contribution in [3.8, 4) is 0 Å². The number of hydrogen-bond donors (Lipinski definition) is 0. The van der Waals surface area contributed by atoms with Crippen LogP contribution in [0, 0.1) is 0 Å². The zero-order valence-corrected chi connectivity index (χ0v) is 14.3. The van der Waals surface area contributed by atoms with E-state index < -0.39 is 5.60 Å². The van der Waals surface area contributed by atoms with Crippen LogP contribution in [-0.4, -0.2) is 33.4 Å². The molecular weight excluding hydrogens is 322 g/mol. The van der Waals surface area contributed by atoms with Crippen molar-refractivity contribution < 1.29 is 9.53 Å². The van der Waals surface area contributed by atoms with Gasteiger partial charge in [-0.05, 0) is 49.5 Å². The number of amides is 1. The van der Waals surface area contributed by atoms with E-state index in [1.165, 1.54) is 12.8 Å². The maximum Gasteiger partial charge on any atom is 0.410 e. The molecule has 1 saturated carbocycles. The van der Waals surface area contributed by atoms with Gasteiger partial charge in [-0.1, -0.05) is 0 Å². The molecular formula is C14H22BrN3O2. The second kappa shape index (κ2) is 5.39. The van der Waals surface area contributed by atoms with Crippen molar-refractivity contribution in [2.75, 3.05) is 7.05 Å². The zero-order chi connectivity index (χ0) is 15.1. The normalized spacial score (nSPS) is 15.3. The van der Waals surface area contributed by atoms with Gasteiger partial charge in [0.25, 0.3) is 0 Å². The van der Waals surface area contributed by atoms with Crippen LogP contribution >= 0.6 is 15.9 Å². The molecule has 0 radical (unpaired) electrons. The van der Waals surface area contributed by atoms with E-state index in [4.69, 9.17) is 4.74 Å². The van der Waals surface area contributed by atoms with Crippen LogP contribution in [0.5, 0.6) is 0 Å². The SMILES string of the molecule is CN(Cc1c(Br)c(C2CC2)nn1C)C(=O)OC(C)(C)C. The van der Waals surface area contributed by atoms with E-state index in [0.29, 0.717) is 12.5 Å². The minimum Gasteiger partial charge on any atom is -0.444 e. The van der Waals surface area contributed by atoms with E-state index in [9.17, 15) is 4.79 Å². The lowest BCUT2D eigenvalue weighted by molar-refractivity contribution is 0.0281. The van der Waals surface area contributed by atoms with Gasteiger partial charge in [0.1, 0.15) is 5.60 Å². The average Bonchev–Trinajstić information content (AvgIpc) is 3.09. The molecule has 0 bridgehead atoms. The maximum absolute atomic E-state index is 12.0. The predicted molar refractivity (Wildman–Crippen MR) is 80.6 cm³/mol. The van der Waals surface area contributed by atoms with Crippen LogP contribution in [0.25, 0.3) is 0 Å².